The second kappa shape index (κ2) is 15.0. The minimum absolute atomic E-state index is 0.226. The SMILES string of the molecule is O=C(Nc1ccccc1)O[C@@H]1[C@H](OP(=O)(O)OC[C@H]2O[C@@H](n3ccc(=O)[nH]c3=O)[C@H](O)[C@@H]2O)[C@@H](COP(=O)(O)O)O[C@H]1n1ccc(=O)[nH]c1=O. The fourth-order valence-corrected chi connectivity index (χ4v) is 6.29. The number of phosphoric acid groups is 2. The summed E-state index contributed by atoms with van der Waals surface area (Å²) in [6, 6.07) is 9.57. The third kappa shape index (κ3) is 8.98. The molecule has 272 valence electrons. The lowest BCUT2D eigenvalue weighted by Crippen LogP contribution is -2.42. The third-order valence-corrected chi connectivity index (χ3v) is 8.67. The molecule has 0 aliphatic carbocycles. The summed E-state index contributed by atoms with van der Waals surface area (Å²) >= 11 is 0. The van der Waals surface area contributed by atoms with Crippen LogP contribution >= 0.6 is 15.6 Å². The van der Waals surface area contributed by atoms with Crippen molar-refractivity contribution in [2.24, 2.45) is 0 Å². The molecule has 2 aliphatic rings. The molecule has 1 aromatic carbocycles. The first-order chi connectivity index (χ1) is 23.5. The van der Waals surface area contributed by atoms with Gasteiger partial charge in [-0.2, -0.15) is 0 Å². The van der Waals surface area contributed by atoms with Crippen molar-refractivity contribution in [2.45, 2.75) is 49.1 Å². The highest BCUT2D eigenvalue weighted by atomic mass is 31.2. The number of carbonyl (C=O) groups is 1. The van der Waals surface area contributed by atoms with Crippen LogP contribution in [0.5, 0.6) is 0 Å². The summed E-state index contributed by atoms with van der Waals surface area (Å²) in [4.78, 5) is 94.1. The fourth-order valence-electron chi connectivity index (χ4n) is 4.99. The van der Waals surface area contributed by atoms with Crippen LogP contribution < -0.4 is 27.8 Å². The van der Waals surface area contributed by atoms with Crippen LogP contribution in [0.1, 0.15) is 12.5 Å². The van der Waals surface area contributed by atoms with Crippen LogP contribution in [0.3, 0.4) is 0 Å². The van der Waals surface area contributed by atoms with Gasteiger partial charge < -0.3 is 39.1 Å². The van der Waals surface area contributed by atoms with E-state index >= 15 is 0 Å². The average Bonchev–Trinajstić information content (AvgIpc) is 3.50. The molecule has 23 nitrogen and oxygen atoms in total. The minimum Gasteiger partial charge on any atom is -0.438 e. The molecule has 4 heterocycles. The van der Waals surface area contributed by atoms with Gasteiger partial charge in [-0.05, 0) is 12.1 Å². The largest absolute Gasteiger partial charge is 0.472 e. The molecule has 2 aromatic heterocycles. The van der Waals surface area contributed by atoms with Crippen molar-refractivity contribution in [1.29, 1.82) is 0 Å². The van der Waals surface area contributed by atoms with Gasteiger partial charge in [0.05, 0.1) is 13.2 Å². The van der Waals surface area contributed by atoms with Gasteiger partial charge in [0.1, 0.15) is 30.5 Å². The van der Waals surface area contributed by atoms with E-state index in [4.69, 9.17) is 23.3 Å². The van der Waals surface area contributed by atoms with E-state index in [0.29, 0.717) is 4.57 Å². The molecule has 50 heavy (non-hydrogen) atoms. The molecule has 1 unspecified atom stereocenters. The fraction of sp³-hybridized carbons (Fsp3) is 0.400. The molecule has 0 spiro atoms. The van der Waals surface area contributed by atoms with Crippen LogP contribution in [0.25, 0.3) is 0 Å². The van der Waals surface area contributed by atoms with Crippen molar-refractivity contribution in [3.05, 3.63) is 96.5 Å². The second-order valence-corrected chi connectivity index (χ2v) is 13.3. The highest BCUT2D eigenvalue weighted by Crippen LogP contribution is 2.50. The van der Waals surface area contributed by atoms with Crippen molar-refractivity contribution < 1.29 is 66.6 Å². The number of hydrogen-bond donors (Lipinski definition) is 8. The lowest BCUT2D eigenvalue weighted by Gasteiger charge is -2.26. The number of ether oxygens (including phenoxy) is 3. The van der Waals surface area contributed by atoms with Gasteiger partial charge in [0.25, 0.3) is 11.1 Å². The predicted molar refractivity (Wildman–Crippen MR) is 161 cm³/mol. The monoisotopic (exact) mass is 749 g/mol. The molecule has 25 heteroatoms. The maximum atomic E-state index is 13.3. The van der Waals surface area contributed by atoms with E-state index in [1.165, 1.54) is 12.1 Å². The molecule has 0 saturated carbocycles. The van der Waals surface area contributed by atoms with Crippen LogP contribution in [0.15, 0.2) is 74.0 Å². The van der Waals surface area contributed by atoms with Crippen LogP contribution in [-0.4, -0.2) is 99.9 Å². The molecule has 5 rings (SSSR count). The van der Waals surface area contributed by atoms with Gasteiger partial charge in [-0.3, -0.25) is 47.6 Å². The normalized spacial score (nSPS) is 27.9. The van der Waals surface area contributed by atoms with Gasteiger partial charge >= 0.3 is 33.1 Å². The Bertz CT molecular complexity index is 2010. The van der Waals surface area contributed by atoms with Gasteiger partial charge in [-0.25, -0.2) is 23.5 Å². The number of aliphatic hydroxyl groups is 2. The number of H-pyrrole nitrogens is 2. The van der Waals surface area contributed by atoms with Crippen molar-refractivity contribution in [3.63, 3.8) is 0 Å². The van der Waals surface area contributed by atoms with Gasteiger partial charge in [-0.1, -0.05) is 18.2 Å². The maximum absolute atomic E-state index is 13.3. The summed E-state index contributed by atoms with van der Waals surface area (Å²) < 4.78 is 57.5. The highest BCUT2D eigenvalue weighted by molar-refractivity contribution is 7.47. The standard InChI is InChI=1S/C25H29N5O18P2/c31-15-6-8-29(23(35)27-15)21-18(34)17(33)13(45-21)10-44-50(41,42)48-19-14(11-43-49(38,39)40)46-22(30-9-7-16(32)28-24(30)36)20(19)47-25(37)26-12-4-2-1-3-5-12/h1-9,13-14,17-22,33-34H,10-11H2,(H,26,37)(H,41,42)(H,27,31,35)(H,28,32,36)(H2,38,39,40)/t13-,14-,17-,18-,19-,20-,21-,22-/m1/s1. The van der Waals surface area contributed by atoms with Crippen molar-refractivity contribution >= 4 is 27.4 Å². The summed E-state index contributed by atoms with van der Waals surface area (Å²) in [5.74, 6) is 0. The summed E-state index contributed by atoms with van der Waals surface area (Å²) in [6.45, 7) is -2.06. The van der Waals surface area contributed by atoms with Gasteiger partial charge in [0.15, 0.2) is 18.6 Å². The molecule has 2 saturated heterocycles. The minimum atomic E-state index is -5.41. The summed E-state index contributed by atoms with van der Waals surface area (Å²) in [6.07, 6.45) is -13.5. The van der Waals surface area contributed by atoms with Gasteiger partial charge in [0, 0.05) is 30.2 Å². The Labute approximate surface area is 277 Å². The number of anilines is 1. The number of para-hydroxylation sites is 1. The van der Waals surface area contributed by atoms with Crippen molar-refractivity contribution in [3.8, 4) is 0 Å². The molecular weight excluding hydrogens is 720 g/mol. The molecule has 1 amide bonds. The molecule has 2 fully saturated rings. The summed E-state index contributed by atoms with van der Waals surface area (Å²) in [5.41, 5.74) is -3.48. The van der Waals surface area contributed by atoms with Crippen molar-refractivity contribution in [2.75, 3.05) is 18.5 Å². The van der Waals surface area contributed by atoms with Crippen LogP contribution in [0.4, 0.5) is 10.5 Å². The topological polar surface area (TPSA) is 329 Å². The lowest BCUT2D eigenvalue weighted by atomic mass is 10.1. The first-order valence-electron chi connectivity index (χ1n) is 14.2. The Morgan fingerprint density at radius 1 is 0.780 bits per heavy atom. The Morgan fingerprint density at radius 3 is 1.92 bits per heavy atom. The number of aromatic nitrogens is 4. The molecule has 9 atom stereocenters. The zero-order valence-corrected chi connectivity index (χ0v) is 26.9. The smallest absolute Gasteiger partial charge is 0.438 e. The van der Waals surface area contributed by atoms with E-state index in [1.807, 2.05) is 9.97 Å². The van der Waals surface area contributed by atoms with E-state index in [2.05, 4.69) is 9.84 Å². The lowest BCUT2D eigenvalue weighted by molar-refractivity contribution is -0.0611. The van der Waals surface area contributed by atoms with E-state index in [0.717, 1.165) is 29.1 Å². The molecule has 2 aliphatic heterocycles. The zero-order valence-electron chi connectivity index (χ0n) is 25.1. The number of nitrogens with one attached hydrogen (secondary N) is 3. The highest BCUT2D eigenvalue weighted by Gasteiger charge is 2.53. The Morgan fingerprint density at radius 2 is 1.34 bits per heavy atom. The number of benzene rings is 1. The number of phosphoric ester groups is 2. The maximum Gasteiger partial charge on any atom is 0.472 e. The summed E-state index contributed by atoms with van der Waals surface area (Å²) in [5, 5.41) is 23.3. The van der Waals surface area contributed by atoms with Crippen LogP contribution in [0.2, 0.25) is 0 Å². The Hall–Kier alpha value is -4.09. The first-order valence-corrected chi connectivity index (χ1v) is 17.2. The quantitative estimate of drug-likeness (QED) is 0.0914. The number of rotatable bonds is 12. The molecule has 0 bridgehead atoms. The second-order valence-electron chi connectivity index (χ2n) is 10.6. The number of hydrogen-bond acceptors (Lipinski definition) is 15. The van der Waals surface area contributed by atoms with E-state index in [-0.39, 0.29) is 5.69 Å². The number of nitrogens with zero attached hydrogens (tertiary/aromatic N) is 2. The average molecular weight is 749 g/mol. The van der Waals surface area contributed by atoms with Crippen LogP contribution in [-0.2, 0) is 36.9 Å². The number of aromatic amines is 2. The number of aliphatic hydroxyl groups excluding tert-OH is 2. The van der Waals surface area contributed by atoms with Crippen LogP contribution in [0, 0.1) is 0 Å². The third-order valence-electron chi connectivity index (χ3n) is 7.20. The van der Waals surface area contributed by atoms with E-state index in [9.17, 15) is 58.0 Å². The molecule has 3 aromatic rings. The zero-order chi connectivity index (χ0) is 36.4. The van der Waals surface area contributed by atoms with Gasteiger partial charge in [0.2, 0.25) is 0 Å². The Balaban J connectivity index is 1.40. The molecular formula is C25H29N5O18P2. The van der Waals surface area contributed by atoms with Crippen molar-refractivity contribution in [1.82, 2.24) is 19.1 Å². The first kappa shape index (κ1) is 37.2. The van der Waals surface area contributed by atoms with E-state index < -0.39 is 107 Å². The van der Waals surface area contributed by atoms with E-state index in [1.54, 1.807) is 18.2 Å². The Kier molecular flexibility index (Phi) is 11.2. The van der Waals surface area contributed by atoms with Gasteiger partial charge in [-0.15, -0.1) is 0 Å². The molecule has 8 N–H and O–H groups in total. The number of carbonyl (C=O) groups excluding carboxylic acids is 1. The predicted octanol–water partition coefficient (Wildman–Crippen LogP) is -2.17. The number of amides is 1. The molecule has 0 radical (unpaired) electrons. The summed E-state index contributed by atoms with van der Waals surface area (Å²) in [7, 11) is -10.6.